The molecule has 1 fully saturated rings. The molecule has 0 bridgehead atoms. The highest BCUT2D eigenvalue weighted by molar-refractivity contribution is 5.00. The van der Waals surface area contributed by atoms with Crippen molar-refractivity contribution in [2.24, 2.45) is 5.73 Å². The first kappa shape index (κ1) is 13.5. The van der Waals surface area contributed by atoms with E-state index in [0.29, 0.717) is 0 Å². The molecule has 0 aliphatic carbocycles. The van der Waals surface area contributed by atoms with Crippen LogP contribution in [0.4, 0.5) is 0 Å². The average Bonchev–Trinajstić information content (AvgIpc) is 2.82. The zero-order chi connectivity index (χ0) is 12.0. The van der Waals surface area contributed by atoms with Crippen LogP contribution in [0.2, 0.25) is 0 Å². The van der Waals surface area contributed by atoms with E-state index in [-0.39, 0.29) is 11.6 Å². The molecular formula is C14H26N2. The quantitative estimate of drug-likeness (QED) is 0.724. The summed E-state index contributed by atoms with van der Waals surface area (Å²) in [5.74, 6) is 6.06. The first-order chi connectivity index (χ1) is 7.65. The average molecular weight is 222 g/mol. The van der Waals surface area contributed by atoms with E-state index in [1.165, 1.54) is 25.9 Å². The SMILES string of the molecule is CC#CCCC(N)C(C)(CC)N1CCCC1. The lowest BCUT2D eigenvalue weighted by molar-refractivity contribution is 0.0971. The molecule has 2 atom stereocenters. The van der Waals surface area contributed by atoms with Crippen LogP contribution in [0.1, 0.15) is 52.9 Å². The van der Waals surface area contributed by atoms with E-state index >= 15 is 0 Å². The van der Waals surface area contributed by atoms with Gasteiger partial charge in [-0.05, 0) is 52.6 Å². The Bertz CT molecular complexity index is 258. The lowest BCUT2D eigenvalue weighted by atomic mass is 9.85. The summed E-state index contributed by atoms with van der Waals surface area (Å²) in [6.07, 6.45) is 5.74. The number of nitrogens with two attached hydrogens (primary N) is 1. The summed E-state index contributed by atoms with van der Waals surface area (Å²) in [7, 11) is 0. The molecule has 0 saturated carbocycles. The molecular weight excluding hydrogens is 196 g/mol. The van der Waals surface area contributed by atoms with Gasteiger partial charge in [0.15, 0.2) is 0 Å². The Morgan fingerprint density at radius 2 is 2.00 bits per heavy atom. The minimum atomic E-state index is 0.173. The van der Waals surface area contributed by atoms with Crippen LogP contribution in [-0.4, -0.2) is 29.6 Å². The zero-order valence-electron chi connectivity index (χ0n) is 11.1. The van der Waals surface area contributed by atoms with E-state index in [4.69, 9.17) is 5.73 Å². The van der Waals surface area contributed by atoms with Crippen molar-refractivity contribution in [3.63, 3.8) is 0 Å². The van der Waals surface area contributed by atoms with Gasteiger partial charge in [0.05, 0.1) is 0 Å². The second kappa shape index (κ2) is 6.27. The van der Waals surface area contributed by atoms with Crippen LogP contribution < -0.4 is 5.73 Å². The molecule has 92 valence electrons. The van der Waals surface area contributed by atoms with Crippen molar-refractivity contribution >= 4 is 0 Å². The van der Waals surface area contributed by atoms with E-state index < -0.39 is 0 Å². The van der Waals surface area contributed by atoms with Crippen LogP contribution in [0.5, 0.6) is 0 Å². The molecule has 2 unspecified atom stereocenters. The molecule has 1 aliphatic heterocycles. The molecule has 0 aromatic carbocycles. The van der Waals surface area contributed by atoms with E-state index in [0.717, 1.165) is 19.3 Å². The van der Waals surface area contributed by atoms with E-state index in [9.17, 15) is 0 Å². The molecule has 2 heteroatoms. The van der Waals surface area contributed by atoms with Crippen LogP contribution in [0.25, 0.3) is 0 Å². The molecule has 0 spiro atoms. The third-order valence-electron chi connectivity index (χ3n) is 4.10. The molecule has 1 heterocycles. The third-order valence-corrected chi connectivity index (χ3v) is 4.10. The van der Waals surface area contributed by atoms with Crippen molar-refractivity contribution in [3.8, 4) is 11.8 Å². The Labute approximate surface area is 101 Å². The number of likely N-dealkylation sites (tertiary alicyclic amines) is 1. The predicted octanol–water partition coefficient (Wildman–Crippen LogP) is 2.38. The smallest absolute Gasteiger partial charge is 0.0329 e. The van der Waals surface area contributed by atoms with Gasteiger partial charge in [-0.25, -0.2) is 0 Å². The maximum absolute atomic E-state index is 6.37. The normalized spacial score (nSPS) is 22.2. The van der Waals surface area contributed by atoms with Crippen LogP contribution in [0.15, 0.2) is 0 Å². The molecule has 0 amide bonds. The molecule has 2 nitrogen and oxygen atoms in total. The van der Waals surface area contributed by atoms with Crippen LogP contribution in [0.3, 0.4) is 0 Å². The van der Waals surface area contributed by atoms with E-state index in [2.05, 4.69) is 30.6 Å². The Morgan fingerprint density at radius 1 is 1.38 bits per heavy atom. The minimum Gasteiger partial charge on any atom is -0.326 e. The standard InChI is InChI=1S/C14H26N2/c1-4-6-7-10-13(15)14(3,5-2)16-11-8-9-12-16/h13H,5,7-12,15H2,1-3H3. The predicted molar refractivity (Wildman–Crippen MR) is 70.2 cm³/mol. The molecule has 2 N–H and O–H groups in total. The fraction of sp³-hybridized carbons (Fsp3) is 0.857. The minimum absolute atomic E-state index is 0.173. The topological polar surface area (TPSA) is 29.3 Å². The van der Waals surface area contributed by atoms with Gasteiger partial charge in [-0.2, -0.15) is 0 Å². The molecule has 1 aliphatic rings. The fourth-order valence-corrected chi connectivity index (χ4v) is 2.61. The number of hydrogen-bond acceptors (Lipinski definition) is 2. The number of rotatable bonds is 5. The van der Waals surface area contributed by atoms with Gasteiger partial charge >= 0.3 is 0 Å². The Balaban J connectivity index is 2.57. The Morgan fingerprint density at radius 3 is 2.50 bits per heavy atom. The fourth-order valence-electron chi connectivity index (χ4n) is 2.61. The van der Waals surface area contributed by atoms with Gasteiger partial charge in [0.25, 0.3) is 0 Å². The largest absolute Gasteiger partial charge is 0.326 e. The second-order valence-electron chi connectivity index (χ2n) is 4.98. The summed E-state index contributed by atoms with van der Waals surface area (Å²) in [5, 5.41) is 0. The third kappa shape index (κ3) is 2.99. The highest BCUT2D eigenvalue weighted by Gasteiger charge is 2.36. The van der Waals surface area contributed by atoms with E-state index in [1.54, 1.807) is 0 Å². The summed E-state index contributed by atoms with van der Waals surface area (Å²) >= 11 is 0. The Hall–Kier alpha value is -0.520. The van der Waals surface area contributed by atoms with Gasteiger partial charge in [0.2, 0.25) is 0 Å². The second-order valence-corrected chi connectivity index (χ2v) is 4.98. The molecule has 16 heavy (non-hydrogen) atoms. The van der Waals surface area contributed by atoms with E-state index in [1.807, 2.05) is 6.92 Å². The first-order valence-electron chi connectivity index (χ1n) is 6.55. The molecule has 1 rings (SSSR count). The van der Waals surface area contributed by atoms with Gasteiger partial charge < -0.3 is 5.73 Å². The lowest BCUT2D eigenvalue weighted by Gasteiger charge is -2.43. The van der Waals surface area contributed by atoms with Crippen LogP contribution >= 0.6 is 0 Å². The summed E-state index contributed by atoms with van der Waals surface area (Å²) in [6, 6.07) is 0.247. The number of hydrogen-bond donors (Lipinski definition) is 1. The highest BCUT2D eigenvalue weighted by atomic mass is 15.2. The van der Waals surface area contributed by atoms with Crippen LogP contribution in [-0.2, 0) is 0 Å². The summed E-state index contributed by atoms with van der Waals surface area (Å²) in [5.41, 5.74) is 6.55. The monoisotopic (exact) mass is 222 g/mol. The van der Waals surface area contributed by atoms with Gasteiger partial charge in [-0.3, -0.25) is 4.90 Å². The van der Waals surface area contributed by atoms with Gasteiger partial charge in [0, 0.05) is 18.0 Å². The summed E-state index contributed by atoms with van der Waals surface area (Å²) < 4.78 is 0. The maximum Gasteiger partial charge on any atom is 0.0329 e. The van der Waals surface area contributed by atoms with Crippen molar-refractivity contribution in [1.82, 2.24) is 4.90 Å². The summed E-state index contributed by atoms with van der Waals surface area (Å²) in [6.45, 7) is 8.91. The van der Waals surface area contributed by atoms with Gasteiger partial charge in [-0.15, -0.1) is 11.8 Å². The number of nitrogens with zero attached hydrogens (tertiary/aromatic N) is 1. The summed E-state index contributed by atoms with van der Waals surface area (Å²) in [4.78, 5) is 2.58. The molecule has 1 saturated heterocycles. The molecule has 0 radical (unpaired) electrons. The van der Waals surface area contributed by atoms with Crippen molar-refractivity contribution in [1.29, 1.82) is 0 Å². The Kier molecular flexibility index (Phi) is 5.31. The van der Waals surface area contributed by atoms with Crippen molar-refractivity contribution < 1.29 is 0 Å². The molecule has 0 aromatic rings. The van der Waals surface area contributed by atoms with Gasteiger partial charge in [0.1, 0.15) is 0 Å². The van der Waals surface area contributed by atoms with Crippen LogP contribution in [0, 0.1) is 11.8 Å². The first-order valence-corrected chi connectivity index (χ1v) is 6.55. The van der Waals surface area contributed by atoms with Crippen molar-refractivity contribution in [2.45, 2.75) is 64.5 Å². The van der Waals surface area contributed by atoms with Crippen molar-refractivity contribution in [2.75, 3.05) is 13.1 Å². The zero-order valence-corrected chi connectivity index (χ0v) is 11.1. The van der Waals surface area contributed by atoms with Gasteiger partial charge in [-0.1, -0.05) is 6.92 Å². The molecule has 0 aromatic heterocycles. The van der Waals surface area contributed by atoms with Crippen molar-refractivity contribution in [3.05, 3.63) is 0 Å². The highest BCUT2D eigenvalue weighted by Crippen LogP contribution is 2.28. The maximum atomic E-state index is 6.37. The lowest BCUT2D eigenvalue weighted by Crippen LogP contribution is -2.56.